The Hall–Kier alpha value is -2.09. The number of likely N-dealkylation sites (tertiary alicyclic amines) is 1. The molecule has 4 rings (SSSR count). The van der Waals surface area contributed by atoms with E-state index in [1.54, 1.807) is 4.90 Å². The Morgan fingerprint density at radius 1 is 1.07 bits per heavy atom. The molecule has 2 amide bonds. The van der Waals surface area contributed by atoms with Crippen molar-refractivity contribution in [2.75, 3.05) is 41.4 Å². The van der Waals surface area contributed by atoms with Gasteiger partial charge in [-0.1, -0.05) is 25.0 Å². The summed E-state index contributed by atoms with van der Waals surface area (Å²) in [6.07, 6.45) is 5.40. The molecule has 8 heteroatoms. The molecule has 0 radical (unpaired) electrons. The van der Waals surface area contributed by atoms with E-state index in [1.165, 1.54) is 12.8 Å². The van der Waals surface area contributed by atoms with Crippen LogP contribution in [0.1, 0.15) is 38.5 Å². The van der Waals surface area contributed by atoms with Gasteiger partial charge in [0.05, 0.1) is 28.8 Å². The Balaban J connectivity index is 1.43. The van der Waals surface area contributed by atoms with Gasteiger partial charge in [-0.3, -0.25) is 9.59 Å². The lowest BCUT2D eigenvalue weighted by atomic mass is 10.1. The van der Waals surface area contributed by atoms with E-state index in [0.717, 1.165) is 37.3 Å². The number of anilines is 2. The molecule has 1 N–H and O–H groups in total. The van der Waals surface area contributed by atoms with Gasteiger partial charge in [0.25, 0.3) is 0 Å². The van der Waals surface area contributed by atoms with Gasteiger partial charge in [-0.05, 0) is 31.4 Å². The van der Waals surface area contributed by atoms with Crippen LogP contribution < -0.4 is 10.2 Å². The highest BCUT2D eigenvalue weighted by Crippen LogP contribution is 2.30. The number of nitrogens with one attached hydrogen (secondary N) is 1. The molecule has 0 aliphatic carbocycles. The number of hydrogen-bond donors (Lipinski definition) is 1. The van der Waals surface area contributed by atoms with Gasteiger partial charge < -0.3 is 15.1 Å². The van der Waals surface area contributed by atoms with Crippen molar-refractivity contribution in [3.05, 3.63) is 24.3 Å². The predicted octanol–water partition coefficient (Wildman–Crippen LogP) is 2.04. The molecule has 1 aromatic carbocycles. The molecule has 29 heavy (non-hydrogen) atoms. The number of benzene rings is 1. The Bertz CT molecular complexity index is 878. The lowest BCUT2D eigenvalue weighted by Crippen LogP contribution is -2.38. The Kier molecular flexibility index (Phi) is 5.81. The summed E-state index contributed by atoms with van der Waals surface area (Å²) in [4.78, 5) is 29.3. The molecule has 2 atom stereocenters. The fourth-order valence-electron chi connectivity index (χ4n) is 4.68. The predicted molar refractivity (Wildman–Crippen MR) is 113 cm³/mol. The number of para-hydroxylation sites is 2. The van der Waals surface area contributed by atoms with Crippen molar-refractivity contribution in [3.8, 4) is 0 Å². The second-order valence-electron chi connectivity index (χ2n) is 8.41. The zero-order valence-corrected chi connectivity index (χ0v) is 17.5. The number of amides is 2. The molecule has 0 spiro atoms. The molecular weight excluding hydrogens is 390 g/mol. The van der Waals surface area contributed by atoms with Crippen LogP contribution in [0.4, 0.5) is 11.4 Å². The van der Waals surface area contributed by atoms with E-state index in [-0.39, 0.29) is 35.8 Å². The van der Waals surface area contributed by atoms with Crippen molar-refractivity contribution < 1.29 is 18.0 Å². The highest BCUT2D eigenvalue weighted by molar-refractivity contribution is 7.91. The number of carbonyl (C=O) groups excluding carboxylic acids is 2. The molecule has 3 aliphatic rings. The number of rotatable bonds is 4. The van der Waals surface area contributed by atoms with Crippen LogP contribution in [0, 0.1) is 5.92 Å². The van der Waals surface area contributed by atoms with E-state index in [4.69, 9.17) is 0 Å². The first-order valence-electron chi connectivity index (χ1n) is 10.6. The zero-order valence-electron chi connectivity index (χ0n) is 16.7. The fraction of sp³-hybridized carbons (Fsp3) is 0.619. The van der Waals surface area contributed by atoms with E-state index >= 15 is 0 Å². The highest BCUT2D eigenvalue weighted by Gasteiger charge is 2.42. The lowest BCUT2D eigenvalue weighted by molar-refractivity contribution is -0.129. The minimum absolute atomic E-state index is 0.0187. The first-order chi connectivity index (χ1) is 13.9. The molecule has 3 saturated heterocycles. The van der Waals surface area contributed by atoms with Crippen LogP contribution in [0.5, 0.6) is 0 Å². The van der Waals surface area contributed by atoms with Gasteiger partial charge in [0, 0.05) is 32.1 Å². The SMILES string of the molecule is O=C(Nc1ccccc1N1CCCCCC1)C1CC(=O)N(C2CCS(=O)(=O)C2)C1. The van der Waals surface area contributed by atoms with Gasteiger partial charge in [-0.15, -0.1) is 0 Å². The van der Waals surface area contributed by atoms with Crippen molar-refractivity contribution in [3.63, 3.8) is 0 Å². The van der Waals surface area contributed by atoms with Gasteiger partial charge in [-0.2, -0.15) is 0 Å². The quantitative estimate of drug-likeness (QED) is 0.807. The number of hydrogen-bond acceptors (Lipinski definition) is 5. The van der Waals surface area contributed by atoms with Crippen LogP contribution >= 0.6 is 0 Å². The monoisotopic (exact) mass is 419 g/mol. The summed E-state index contributed by atoms with van der Waals surface area (Å²) in [7, 11) is -3.06. The summed E-state index contributed by atoms with van der Waals surface area (Å²) >= 11 is 0. The maximum atomic E-state index is 12.9. The highest BCUT2D eigenvalue weighted by atomic mass is 32.2. The Morgan fingerprint density at radius 2 is 1.79 bits per heavy atom. The third kappa shape index (κ3) is 4.57. The lowest BCUT2D eigenvalue weighted by Gasteiger charge is -2.26. The van der Waals surface area contributed by atoms with Gasteiger partial charge >= 0.3 is 0 Å². The van der Waals surface area contributed by atoms with Crippen LogP contribution in [0.25, 0.3) is 0 Å². The average molecular weight is 420 g/mol. The van der Waals surface area contributed by atoms with E-state index in [1.807, 2.05) is 24.3 Å². The minimum atomic E-state index is -3.06. The molecule has 0 bridgehead atoms. The normalized spacial score (nSPS) is 27.1. The van der Waals surface area contributed by atoms with Crippen molar-refractivity contribution >= 4 is 33.0 Å². The van der Waals surface area contributed by atoms with Crippen molar-refractivity contribution in [1.29, 1.82) is 0 Å². The molecular formula is C21H29N3O4S. The third-order valence-electron chi connectivity index (χ3n) is 6.29. The molecule has 3 fully saturated rings. The summed E-state index contributed by atoms with van der Waals surface area (Å²) in [5, 5.41) is 3.04. The molecule has 158 valence electrons. The summed E-state index contributed by atoms with van der Waals surface area (Å²) in [5.41, 5.74) is 1.82. The second-order valence-corrected chi connectivity index (χ2v) is 10.6. The van der Waals surface area contributed by atoms with Crippen LogP contribution in [-0.4, -0.2) is 62.3 Å². The van der Waals surface area contributed by atoms with Gasteiger partial charge in [0.2, 0.25) is 11.8 Å². The van der Waals surface area contributed by atoms with E-state index in [0.29, 0.717) is 13.0 Å². The Morgan fingerprint density at radius 3 is 2.48 bits per heavy atom. The minimum Gasteiger partial charge on any atom is -0.370 e. The molecule has 0 aromatic heterocycles. The van der Waals surface area contributed by atoms with Crippen LogP contribution in [-0.2, 0) is 19.4 Å². The van der Waals surface area contributed by atoms with Gasteiger partial charge in [0.15, 0.2) is 9.84 Å². The van der Waals surface area contributed by atoms with Crippen LogP contribution in [0.3, 0.4) is 0 Å². The van der Waals surface area contributed by atoms with Crippen molar-refractivity contribution in [1.82, 2.24) is 4.90 Å². The summed E-state index contributed by atoms with van der Waals surface area (Å²) in [5.74, 6) is -0.577. The maximum Gasteiger partial charge on any atom is 0.229 e. The largest absolute Gasteiger partial charge is 0.370 e. The fourth-order valence-corrected chi connectivity index (χ4v) is 6.41. The van der Waals surface area contributed by atoms with E-state index in [9.17, 15) is 18.0 Å². The summed E-state index contributed by atoms with van der Waals surface area (Å²) < 4.78 is 23.5. The molecule has 1 aromatic rings. The van der Waals surface area contributed by atoms with Gasteiger partial charge in [0.1, 0.15) is 0 Å². The van der Waals surface area contributed by atoms with Gasteiger partial charge in [-0.25, -0.2) is 8.42 Å². The van der Waals surface area contributed by atoms with Crippen molar-refractivity contribution in [2.24, 2.45) is 5.92 Å². The first kappa shape index (κ1) is 20.2. The third-order valence-corrected chi connectivity index (χ3v) is 8.04. The number of nitrogens with zero attached hydrogens (tertiary/aromatic N) is 2. The average Bonchev–Trinajstić information content (AvgIpc) is 3.12. The number of carbonyl (C=O) groups is 2. The van der Waals surface area contributed by atoms with Crippen molar-refractivity contribution in [2.45, 2.75) is 44.6 Å². The summed E-state index contributed by atoms with van der Waals surface area (Å²) in [6.45, 7) is 2.27. The van der Waals surface area contributed by atoms with E-state index in [2.05, 4.69) is 10.2 Å². The zero-order chi connectivity index (χ0) is 20.4. The molecule has 3 aliphatic heterocycles. The molecule has 0 saturated carbocycles. The topological polar surface area (TPSA) is 86.8 Å². The number of sulfone groups is 1. The van der Waals surface area contributed by atoms with E-state index < -0.39 is 15.8 Å². The second kappa shape index (κ2) is 8.34. The first-order valence-corrected chi connectivity index (χ1v) is 12.4. The Labute approximate surface area is 172 Å². The standard InChI is InChI=1S/C21H29N3O4S/c25-20-13-16(14-24(20)17-9-12-29(27,28)15-17)21(26)22-18-7-3-4-8-19(18)23-10-5-1-2-6-11-23/h3-4,7-8,16-17H,1-2,5-6,9-15H2,(H,22,26). The van der Waals surface area contributed by atoms with Crippen LogP contribution in [0.15, 0.2) is 24.3 Å². The van der Waals surface area contributed by atoms with Crippen LogP contribution in [0.2, 0.25) is 0 Å². The molecule has 3 heterocycles. The molecule has 2 unspecified atom stereocenters. The smallest absolute Gasteiger partial charge is 0.229 e. The maximum absolute atomic E-state index is 12.9. The summed E-state index contributed by atoms with van der Waals surface area (Å²) in [6, 6.07) is 7.56. The molecule has 7 nitrogen and oxygen atoms in total.